The molecule has 1 heterocycles. The molecule has 0 spiro atoms. The summed E-state index contributed by atoms with van der Waals surface area (Å²) < 4.78 is 11.3. The molecule has 0 aliphatic carbocycles. The van der Waals surface area contributed by atoms with Crippen molar-refractivity contribution >= 4 is 5.91 Å². The van der Waals surface area contributed by atoms with Gasteiger partial charge in [0.25, 0.3) is 0 Å². The van der Waals surface area contributed by atoms with E-state index in [1.807, 2.05) is 0 Å². The van der Waals surface area contributed by atoms with E-state index in [-0.39, 0.29) is 12.5 Å². The minimum Gasteiger partial charge on any atom is -0.394 e. The summed E-state index contributed by atoms with van der Waals surface area (Å²) >= 11 is 0. The molecule has 1 fully saturated rings. The standard InChI is InChI=1S/C61H121NO8/c1-3-5-7-9-11-13-14-15-16-17-18-19-20-21-22-23-24-25-26-27-28-29-30-31-32-33-34-35-36-37-38-39-40-41-42-43-45-47-49-51-57(65)62-54(55(64)50-48-46-44-12-10-8-6-4-2)53-69-61-60(68)59(67)58(66)56(52-63)70-61/h54-56,58-61,63-64,66-68H,3-53H2,1-2H3,(H,62,65). The van der Waals surface area contributed by atoms with Crippen LogP contribution in [0.3, 0.4) is 0 Å². The molecule has 9 nitrogen and oxygen atoms in total. The van der Waals surface area contributed by atoms with Crippen LogP contribution in [0.4, 0.5) is 0 Å². The normalized spacial score (nSPS) is 19.2. The van der Waals surface area contributed by atoms with Gasteiger partial charge in [0, 0.05) is 6.42 Å². The third kappa shape index (κ3) is 40.6. The maximum atomic E-state index is 13.0. The van der Waals surface area contributed by atoms with Crippen LogP contribution in [0.1, 0.15) is 328 Å². The summed E-state index contributed by atoms with van der Waals surface area (Å²) in [5.41, 5.74) is 0. The topological polar surface area (TPSA) is 149 Å². The second-order valence-corrected chi connectivity index (χ2v) is 22.2. The van der Waals surface area contributed by atoms with Gasteiger partial charge in [0.1, 0.15) is 24.4 Å². The van der Waals surface area contributed by atoms with E-state index in [0.29, 0.717) is 12.8 Å². The fourth-order valence-corrected chi connectivity index (χ4v) is 10.5. The van der Waals surface area contributed by atoms with Crippen LogP contribution in [0.15, 0.2) is 0 Å². The zero-order valence-electron chi connectivity index (χ0n) is 46.6. The fraction of sp³-hybridized carbons (Fsp3) is 0.984. The molecule has 7 unspecified atom stereocenters. The molecular formula is C61H121NO8. The lowest BCUT2D eigenvalue weighted by atomic mass is 9.99. The lowest BCUT2D eigenvalue weighted by Crippen LogP contribution is -2.60. The summed E-state index contributed by atoms with van der Waals surface area (Å²) in [5.74, 6) is -0.140. The number of ether oxygens (including phenoxy) is 2. The minimum atomic E-state index is -1.55. The van der Waals surface area contributed by atoms with E-state index in [1.165, 1.54) is 263 Å². The summed E-state index contributed by atoms with van der Waals surface area (Å²) in [5, 5.41) is 54.3. The van der Waals surface area contributed by atoms with E-state index in [2.05, 4.69) is 19.2 Å². The van der Waals surface area contributed by atoms with Gasteiger partial charge >= 0.3 is 0 Å². The number of carbonyl (C=O) groups excluding carboxylic acids is 1. The summed E-state index contributed by atoms with van der Waals surface area (Å²) in [6.07, 6.45) is 56.4. The average molecular weight is 997 g/mol. The van der Waals surface area contributed by atoms with Crippen molar-refractivity contribution in [1.29, 1.82) is 0 Å². The third-order valence-electron chi connectivity index (χ3n) is 15.5. The fourth-order valence-electron chi connectivity index (χ4n) is 10.5. The van der Waals surface area contributed by atoms with Gasteiger partial charge in [0.15, 0.2) is 6.29 Å². The quantitative estimate of drug-likeness (QED) is 0.0330. The molecule has 0 saturated carbocycles. The molecule has 0 bridgehead atoms. The summed E-state index contributed by atoms with van der Waals surface area (Å²) in [6.45, 7) is 3.83. The average Bonchev–Trinajstić information content (AvgIpc) is 3.36. The number of carbonyl (C=O) groups is 1. The van der Waals surface area contributed by atoms with Crippen molar-refractivity contribution in [3.8, 4) is 0 Å². The Hall–Kier alpha value is -0.810. The van der Waals surface area contributed by atoms with E-state index < -0.39 is 49.5 Å². The number of hydrogen-bond donors (Lipinski definition) is 6. The van der Waals surface area contributed by atoms with Crippen molar-refractivity contribution in [2.45, 2.75) is 371 Å². The Kier molecular flexibility index (Phi) is 49.6. The number of aliphatic hydroxyl groups excluding tert-OH is 5. The van der Waals surface area contributed by atoms with Crippen molar-refractivity contribution in [2.75, 3.05) is 13.2 Å². The molecule has 70 heavy (non-hydrogen) atoms. The van der Waals surface area contributed by atoms with Crippen LogP contribution in [0, 0.1) is 0 Å². The van der Waals surface area contributed by atoms with Crippen LogP contribution in [0.25, 0.3) is 0 Å². The molecular weight excluding hydrogens is 875 g/mol. The highest BCUT2D eigenvalue weighted by Gasteiger charge is 2.44. The molecule has 0 aromatic heterocycles. The van der Waals surface area contributed by atoms with Gasteiger partial charge in [-0.25, -0.2) is 0 Å². The van der Waals surface area contributed by atoms with Gasteiger partial charge in [-0.15, -0.1) is 0 Å². The Balaban J connectivity index is 1.94. The number of nitrogens with one attached hydrogen (secondary N) is 1. The monoisotopic (exact) mass is 996 g/mol. The Morgan fingerprint density at radius 3 is 1.01 bits per heavy atom. The molecule has 1 aliphatic heterocycles. The van der Waals surface area contributed by atoms with Gasteiger partial charge in [-0.2, -0.15) is 0 Å². The number of aliphatic hydroxyl groups is 5. The van der Waals surface area contributed by atoms with Crippen LogP contribution in [-0.2, 0) is 14.3 Å². The second-order valence-electron chi connectivity index (χ2n) is 22.2. The Bertz CT molecular complexity index is 1060. The van der Waals surface area contributed by atoms with Crippen LogP contribution in [0.2, 0.25) is 0 Å². The van der Waals surface area contributed by atoms with E-state index in [0.717, 1.165) is 38.5 Å². The van der Waals surface area contributed by atoms with Crippen molar-refractivity contribution in [2.24, 2.45) is 0 Å². The highest BCUT2D eigenvalue weighted by Crippen LogP contribution is 2.24. The number of rotatable bonds is 55. The Labute approximate surface area is 434 Å². The Morgan fingerprint density at radius 1 is 0.429 bits per heavy atom. The van der Waals surface area contributed by atoms with Crippen molar-refractivity contribution < 1.29 is 39.8 Å². The first-order valence-electron chi connectivity index (χ1n) is 31.2. The molecule has 0 aromatic rings. The number of hydrogen-bond acceptors (Lipinski definition) is 8. The zero-order chi connectivity index (χ0) is 50.8. The van der Waals surface area contributed by atoms with Crippen molar-refractivity contribution in [3.63, 3.8) is 0 Å². The zero-order valence-corrected chi connectivity index (χ0v) is 46.6. The number of unbranched alkanes of at least 4 members (excludes halogenated alkanes) is 45. The van der Waals surface area contributed by atoms with E-state index in [1.54, 1.807) is 0 Å². The van der Waals surface area contributed by atoms with Crippen molar-refractivity contribution in [3.05, 3.63) is 0 Å². The largest absolute Gasteiger partial charge is 0.394 e. The Morgan fingerprint density at radius 2 is 0.714 bits per heavy atom. The predicted octanol–water partition coefficient (Wildman–Crippen LogP) is 15.8. The second kappa shape index (κ2) is 51.7. The smallest absolute Gasteiger partial charge is 0.220 e. The van der Waals surface area contributed by atoms with Crippen molar-refractivity contribution in [1.82, 2.24) is 5.32 Å². The lowest BCUT2D eigenvalue weighted by molar-refractivity contribution is -0.302. The number of amides is 1. The molecule has 9 heteroatoms. The maximum absolute atomic E-state index is 13.0. The van der Waals surface area contributed by atoms with E-state index in [9.17, 15) is 30.3 Å². The van der Waals surface area contributed by atoms with Gasteiger partial charge in [-0.05, 0) is 12.8 Å². The highest BCUT2D eigenvalue weighted by molar-refractivity contribution is 5.76. The van der Waals surface area contributed by atoms with Crippen LogP contribution < -0.4 is 5.32 Å². The van der Waals surface area contributed by atoms with Crippen LogP contribution in [0.5, 0.6) is 0 Å². The SMILES string of the molecule is CCCCCCCCCCCCCCCCCCCCCCCCCCCCCCCCCCCCCCCCCC(=O)NC(COC1OC(CO)C(O)C(O)C1O)C(O)CCCCCCCCCC. The minimum absolute atomic E-state index is 0.133. The molecule has 0 radical (unpaired) electrons. The molecule has 418 valence electrons. The molecule has 1 amide bonds. The molecule has 0 aromatic carbocycles. The van der Waals surface area contributed by atoms with Gasteiger partial charge < -0.3 is 40.3 Å². The first kappa shape index (κ1) is 67.2. The molecule has 1 rings (SSSR count). The first-order chi connectivity index (χ1) is 34.3. The molecule has 6 N–H and O–H groups in total. The van der Waals surface area contributed by atoms with Crippen LogP contribution in [-0.4, -0.2) is 87.5 Å². The predicted molar refractivity (Wildman–Crippen MR) is 295 cm³/mol. The van der Waals surface area contributed by atoms with Gasteiger partial charge in [-0.3, -0.25) is 4.79 Å². The molecule has 1 saturated heterocycles. The summed E-state index contributed by atoms with van der Waals surface area (Å²) in [6, 6.07) is -0.711. The lowest BCUT2D eigenvalue weighted by Gasteiger charge is -2.40. The molecule has 7 atom stereocenters. The summed E-state index contributed by atoms with van der Waals surface area (Å²) in [4.78, 5) is 13.0. The van der Waals surface area contributed by atoms with Gasteiger partial charge in [-0.1, -0.05) is 309 Å². The van der Waals surface area contributed by atoms with Crippen LogP contribution >= 0.6 is 0 Å². The van der Waals surface area contributed by atoms with Gasteiger partial charge in [0.2, 0.25) is 5.91 Å². The first-order valence-corrected chi connectivity index (χ1v) is 31.2. The summed E-state index contributed by atoms with van der Waals surface area (Å²) in [7, 11) is 0. The van der Waals surface area contributed by atoms with E-state index >= 15 is 0 Å². The van der Waals surface area contributed by atoms with E-state index in [4.69, 9.17) is 9.47 Å². The third-order valence-corrected chi connectivity index (χ3v) is 15.5. The maximum Gasteiger partial charge on any atom is 0.220 e. The molecule has 1 aliphatic rings. The highest BCUT2D eigenvalue weighted by atomic mass is 16.7. The van der Waals surface area contributed by atoms with Gasteiger partial charge in [0.05, 0.1) is 25.4 Å².